The van der Waals surface area contributed by atoms with Gasteiger partial charge in [0, 0.05) is 20.0 Å². The Bertz CT molecular complexity index is 379. The Balaban J connectivity index is 1.80. The zero-order valence-electron chi connectivity index (χ0n) is 9.01. The van der Waals surface area contributed by atoms with Gasteiger partial charge in [-0.05, 0) is 6.42 Å². The number of aryl methyl sites for hydroxylation is 1. The van der Waals surface area contributed by atoms with E-state index in [1.165, 1.54) is 0 Å². The van der Waals surface area contributed by atoms with Gasteiger partial charge in [-0.2, -0.15) is 0 Å². The maximum absolute atomic E-state index is 11.5. The second kappa shape index (κ2) is 4.58. The van der Waals surface area contributed by atoms with Crippen molar-refractivity contribution in [2.75, 3.05) is 25.0 Å². The van der Waals surface area contributed by atoms with E-state index in [2.05, 4.69) is 15.5 Å². The molecule has 7 heteroatoms. The number of nitrogens with zero attached hydrogens (tertiary/aromatic N) is 3. The first-order chi connectivity index (χ1) is 7.63. The van der Waals surface area contributed by atoms with E-state index in [1.807, 2.05) is 4.90 Å². The molecule has 7 nitrogen and oxygen atoms in total. The molecule has 1 amide bonds. The smallest absolute Gasteiger partial charge is 0.322 e. The van der Waals surface area contributed by atoms with Crippen LogP contribution in [0.3, 0.4) is 0 Å². The van der Waals surface area contributed by atoms with E-state index in [0.717, 1.165) is 6.54 Å². The molecule has 1 aliphatic heterocycles. The number of amides is 1. The van der Waals surface area contributed by atoms with Crippen LogP contribution in [0.4, 0.5) is 6.01 Å². The molecule has 1 aliphatic rings. The number of β-amino-alcohol motifs (C(OH)–C–C–N with tert-alkyl or cyclic N) is 1. The largest absolute Gasteiger partial charge is 0.408 e. The maximum atomic E-state index is 11.5. The molecule has 1 atom stereocenters. The fourth-order valence-electron chi connectivity index (χ4n) is 1.66. The third-order valence-electron chi connectivity index (χ3n) is 2.39. The lowest BCUT2D eigenvalue weighted by atomic mass is 10.3. The fourth-order valence-corrected chi connectivity index (χ4v) is 1.66. The van der Waals surface area contributed by atoms with Crippen molar-refractivity contribution in [2.45, 2.75) is 19.4 Å². The second-order valence-corrected chi connectivity index (χ2v) is 3.85. The second-order valence-electron chi connectivity index (χ2n) is 3.85. The molecule has 0 radical (unpaired) electrons. The van der Waals surface area contributed by atoms with Crippen LogP contribution in [-0.2, 0) is 4.79 Å². The molecule has 16 heavy (non-hydrogen) atoms. The zero-order chi connectivity index (χ0) is 11.5. The summed E-state index contributed by atoms with van der Waals surface area (Å²) < 4.78 is 5.02. The molecule has 0 saturated carbocycles. The summed E-state index contributed by atoms with van der Waals surface area (Å²) in [6, 6.07) is 0.113. The van der Waals surface area contributed by atoms with Gasteiger partial charge in [-0.3, -0.25) is 15.0 Å². The van der Waals surface area contributed by atoms with Gasteiger partial charge in [-0.1, -0.05) is 5.10 Å². The highest BCUT2D eigenvalue weighted by atomic mass is 16.4. The molecule has 0 aliphatic carbocycles. The van der Waals surface area contributed by atoms with E-state index in [-0.39, 0.29) is 24.6 Å². The van der Waals surface area contributed by atoms with Gasteiger partial charge in [0.15, 0.2) is 0 Å². The molecule has 1 fully saturated rings. The summed E-state index contributed by atoms with van der Waals surface area (Å²) in [4.78, 5) is 13.4. The average Bonchev–Trinajstić information content (AvgIpc) is 2.76. The number of likely N-dealkylation sites (tertiary alicyclic amines) is 1. The molecule has 2 N–H and O–H groups in total. The Kier molecular flexibility index (Phi) is 3.16. The van der Waals surface area contributed by atoms with Gasteiger partial charge in [0.2, 0.25) is 11.8 Å². The zero-order valence-corrected chi connectivity index (χ0v) is 9.01. The molecule has 0 bridgehead atoms. The van der Waals surface area contributed by atoms with Crippen molar-refractivity contribution in [3.05, 3.63) is 5.89 Å². The number of hydrogen-bond acceptors (Lipinski definition) is 6. The molecule has 0 unspecified atom stereocenters. The SMILES string of the molecule is Cc1nnc(NC(=O)CN2CC[C@H](O)C2)o1. The van der Waals surface area contributed by atoms with Crippen LogP contribution >= 0.6 is 0 Å². The van der Waals surface area contributed by atoms with Crippen molar-refractivity contribution in [3.8, 4) is 0 Å². The van der Waals surface area contributed by atoms with Crippen LogP contribution in [0, 0.1) is 6.92 Å². The maximum Gasteiger partial charge on any atom is 0.322 e. The topological polar surface area (TPSA) is 91.5 Å². The van der Waals surface area contributed by atoms with Crippen LogP contribution in [0.5, 0.6) is 0 Å². The number of hydrogen-bond donors (Lipinski definition) is 2. The minimum absolute atomic E-state index is 0.113. The van der Waals surface area contributed by atoms with Gasteiger partial charge >= 0.3 is 6.01 Å². The lowest BCUT2D eigenvalue weighted by molar-refractivity contribution is -0.117. The van der Waals surface area contributed by atoms with Crippen LogP contribution < -0.4 is 5.32 Å². The first-order valence-electron chi connectivity index (χ1n) is 5.14. The third-order valence-corrected chi connectivity index (χ3v) is 2.39. The highest BCUT2D eigenvalue weighted by Gasteiger charge is 2.22. The molecule has 1 aromatic rings. The highest BCUT2D eigenvalue weighted by Crippen LogP contribution is 2.09. The summed E-state index contributed by atoms with van der Waals surface area (Å²) in [5.74, 6) is 0.199. The Labute approximate surface area is 92.4 Å². The van der Waals surface area contributed by atoms with Crippen molar-refractivity contribution < 1.29 is 14.3 Å². The van der Waals surface area contributed by atoms with E-state index in [1.54, 1.807) is 6.92 Å². The van der Waals surface area contributed by atoms with Crippen LogP contribution in [0.1, 0.15) is 12.3 Å². The average molecular weight is 226 g/mol. The van der Waals surface area contributed by atoms with E-state index in [9.17, 15) is 9.90 Å². The highest BCUT2D eigenvalue weighted by molar-refractivity contribution is 5.90. The predicted molar refractivity (Wildman–Crippen MR) is 54.7 cm³/mol. The summed E-state index contributed by atoms with van der Waals surface area (Å²) in [7, 11) is 0. The Morgan fingerprint density at radius 1 is 1.69 bits per heavy atom. The van der Waals surface area contributed by atoms with Crippen molar-refractivity contribution in [1.29, 1.82) is 0 Å². The lowest BCUT2D eigenvalue weighted by Crippen LogP contribution is -2.32. The fraction of sp³-hybridized carbons (Fsp3) is 0.667. The summed E-state index contributed by atoms with van der Waals surface area (Å²) in [6.45, 7) is 3.16. The number of aromatic nitrogens is 2. The van der Waals surface area contributed by atoms with Crippen LogP contribution in [-0.4, -0.2) is 51.8 Å². The molecule has 2 rings (SSSR count). The normalized spacial score (nSPS) is 21.2. The van der Waals surface area contributed by atoms with Gasteiger partial charge in [0.1, 0.15) is 0 Å². The molecule has 1 aromatic heterocycles. The van der Waals surface area contributed by atoms with Gasteiger partial charge < -0.3 is 9.52 Å². The van der Waals surface area contributed by atoms with Crippen molar-refractivity contribution in [1.82, 2.24) is 15.1 Å². The van der Waals surface area contributed by atoms with Gasteiger partial charge in [0.25, 0.3) is 0 Å². The molecular weight excluding hydrogens is 212 g/mol. The Hall–Kier alpha value is -1.47. The minimum atomic E-state index is -0.321. The van der Waals surface area contributed by atoms with Crippen LogP contribution in [0.2, 0.25) is 0 Å². The number of rotatable bonds is 3. The Morgan fingerprint density at radius 3 is 3.06 bits per heavy atom. The number of nitrogens with one attached hydrogen (secondary N) is 1. The quantitative estimate of drug-likeness (QED) is 0.714. The summed E-state index contributed by atoms with van der Waals surface area (Å²) >= 11 is 0. The predicted octanol–water partition coefficient (Wildman–Crippen LogP) is -0.617. The van der Waals surface area contributed by atoms with E-state index < -0.39 is 0 Å². The number of carbonyl (C=O) groups excluding carboxylic acids is 1. The van der Waals surface area contributed by atoms with E-state index >= 15 is 0 Å². The van der Waals surface area contributed by atoms with Crippen LogP contribution in [0.25, 0.3) is 0 Å². The summed E-state index contributed by atoms with van der Waals surface area (Å²) in [5, 5.41) is 19.1. The molecule has 0 aromatic carbocycles. The third kappa shape index (κ3) is 2.77. The first kappa shape index (κ1) is 11.0. The minimum Gasteiger partial charge on any atom is -0.408 e. The molecule has 1 saturated heterocycles. The first-order valence-corrected chi connectivity index (χ1v) is 5.14. The molecule has 88 valence electrons. The molecule has 2 heterocycles. The standard InChI is InChI=1S/C9H14N4O3/c1-6-11-12-9(16-6)10-8(15)5-13-3-2-7(14)4-13/h7,14H,2-5H2,1H3,(H,10,12,15)/t7-/m0/s1. The monoisotopic (exact) mass is 226 g/mol. The van der Waals surface area contributed by atoms with Crippen molar-refractivity contribution >= 4 is 11.9 Å². The van der Waals surface area contributed by atoms with Gasteiger partial charge in [0.05, 0.1) is 12.6 Å². The van der Waals surface area contributed by atoms with Crippen molar-refractivity contribution in [2.24, 2.45) is 0 Å². The summed E-state index contributed by atoms with van der Waals surface area (Å²) in [5.41, 5.74) is 0. The number of aliphatic hydroxyl groups is 1. The molecule has 0 spiro atoms. The van der Waals surface area contributed by atoms with Crippen molar-refractivity contribution in [3.63, 3.8) is 0 Å². The lowest BCUT2D eigenvalue weighted by Gasteiger charge is -2.12. The summed E-state index contributed by atoms with van der Waals surface area (Å²) in [6.07, 6.45) is 0.394. The van der Waals surface area contributed by atoms with Crippen LogP contribution in [0.15, 0.2) is 4.42 Å². The molecular formula is C9H14N4O3. The number of aliphatic hydroxyl groups excluding tert-OH is 1. The van der Waals surface area contributed by atoms with Gasteiger partial charge in [-0.25, -0.2) is 0 Å². The van der Waals surface area contributed by atoms with E-state index in [4.69, 9.17) is 4.42 Å². The number of anilines is 1. The van der Waals surface area contributed by atoms with E-state index in [0.29, 0.717) is 18.9 Å². The Morgan fingerprint density at radius 2 is 2.50 bits per heavy atom. The van der Waals surface area contributed by atoms with Gasteiger partial charge in [-0.15, -0.1) is 5.10 Å². The number of carbonyl (C=O) groups is 1.